The molecule has 1 amide bonds. The maximum absolute atomic E-state index is 12.6. The summed E-state index contributed by atoms with van der Waals surface area (Å²) in [6.45, 7) is 3.23. The van der Waals surface area contributed by atoms with E-state index in [1.165, 1.54) is 0 Å². The molecule has 1 saturated carbocycles. The third-order valence-corrected chi connectivity index (χ3v) is 4.78. The summed E-state index contributed by atoms with van der Waals surface area (Å²) >= 11 is 0. The Labute approximate surface area is 137 Å². The number of rotatable bonds is 4. The summed E-state index contributed by atoms with van der Waals surface area (Å²) in [6.07, 6.45) is 4.65. The lowest BCUT2D eigenvalue weighted by molar-refractivity contribution is -0.126. The van der Waals surface area contributed by atoms with E-state index in [9.17, 15) is 4.79 Å². The van der Waals surface area contributed by atoms with Gasteiger partial charge in [0.25, 0.3) is 0 Å². The maximum Gasteiger partial charge on any atom is 0.223 e. The second-order valence-electron chi connectivity index (χ2n) is 6.50. The highest BCUT2D eigenvalue weighted by molar-refractivity contribution is 5.79. The predicted molar refractivity (Wildman–Crippen MR) is 88.5 cm³/mol. The number of nitrogens with one attached hydrogen (secondary N) is 1. The van der Waals surface area contributed by atoms with Crippen LogP contribution in [0.15, 0.2) is 18.2 Å². The van der Waals surface area contributed by atoms with Crippen molar-refractivity contribution in [1.82, 2.24) is 5.32 Å². The topological polar surface area (TPSA) is 73.6 Å². The van der Waals surface area contributed by atoms with Gasteiger partial charge in [-0.2, -0.15) is 0 Å². The van der Waals surface area contributed by atoms with Crippen molar-refractivity contribution in [2.24, 2.45) is 11.7 Å². The maximum atomic E-state index is 12.6. The van der Waals surface area contributed by atoms with Crippen molar-refractivity contribution in [3.8, 4) is 11.5 Å². The largest absolute Gasteiger partial charge is 0.486 e. The number of fused-ring (bicyclic) bond motifs is 1. The van der Waals surface area contributed by atoms with Crippen molar-refractivity contribution in [1.29, 1.82) is 0 Å². The molecule has 5 nitrogen and oxygen atoms in total. The van der Waals surface area contributed by atoms with E-state index in [1.807, 2.05) is 18.2 Å². The highest BCUT2D eigenvalue weighted by atomic mass is 16.6. The van der Waals surface area contributed by atoms with Gasteiger partial charge in [-0.15, -0.1) is 0 Å². The van der Waals surface area contributed by atoms with Gasteiger partial charge < -0.3 is 20.5 Å². The molecule has 1 aromatic rings. The third-order valence-electron chi connectivity index (χ3n) is 4.78. The zero-order valence-corrected chi connectivity index (χ0v) is 13.7. The van der Waals surface area contributed by atoms with E-state index in [0.29, 0.717) is 13.2 Å². The van der Waals surface area contributed by atoms with Gasteiger partial charge in [0, 0.05) is 12.0 Å². The third kappa shape index (κ3) is 3.78. The fourth-order valence-electron chi connectivity index (χ4n) is 3.45. The summed E-state index contributed by atoms with van der Waals surface area (Å²) in [6, 6.07) is 6.07. The van der Waals surface area contributed by atoms with E-state index in [2.05, 4.69) is 12.2 Å². The predicted octanol–water partition coefficient (Wildman–Crippen LogP) is 2.54. The fraction of sp³-hybridized carbons (Fsp3) is 0.611. The number of hydrogen-bond donors (Lipinski definition) is 2. The van der Waals surface area contributed by atoms with Crippen molar-refractivity contribution >= 4 is 5.91 Å². The molecule has 126 valence electrons. The highest BCUT2D eigenvalue weighted by Gasteiger charge is 2.27. The Morgan fingerprint density at radius 1 is 1.30 bits per heavy atom. The van der Waals surface area contributed by atoms with Crippen LogP contribution in [-0.4, -0.2) is 25.2 Å². The fourth-order valence-corrected chi connectivity index (χ4v) is 3.45. The zero-order valence-electron chi connectivity index (χ0n) is 13.7. The lowest BCUT2D eigenvalue weighted by Crippen LogP contribution is -2.39. The van der Waals surface area contributed by atoms with Gasteiger partial charge in [0.15, 0.2) is 11.5 Å². The van der Waals surface area contributed by atoms with Gasteiger partial charge in [-0.25, -0.2) is 0 Å². The molecule has 0 bridgehead atoms. The zero-order chi connectivity index (χ0) is 16.2. The Balaban J connectivity index is 1.68. The molecule has 1 fully saturated rings. The minimum atomic E-state index is -0.00326. The standard InChI is InChI=1S/C18H26N2O3/c1-2-15(20-18(21)13-4-3-5-14(19)10-13)12-6-7-16-17(11-12)23-9-8-22-16/h6-7,11,13-15H,2-5,8-10,19H2,1H3,(H,20,21). The first-order chi connectivity index (χ1) is 11.2. The molecule has 1 heterocycles. The summed E-state index contributed by atoms with van der Waals surface area (Å²) in [5.74, 6) is 1.72. The molecule has 3 N–H and O–H groups in total. The number of ether oxygens (including phenoxy) is 2. The molecule has 3 rings (SSSR count). The molecular weight excluding hydrogens is 292 g/mol. The van der Waals surface area contributed by atoms with E-state index in [-0.39, 0.29) is 23.9 Å². The van der Waals surface area contributed by atoms with Gasteiger partial charge >= 0.3 is 0 Å². The first-order valence-electron chi connectivity index (χ1n) is 8.63. The average Bonchev–Trinajstić information content (AvgIpc) is 2.59. The number of benzene rings is 1. The SMILES string of the molecule is CCC(NC(=O)C1CCCC(N)C1)c1ccc2c(c1)OCCO2. The van der Waals surface area contributed by atoms with Crippen molar-refractivity contribution in [2.75, 3.05) is 13.2 Å². The van der Waals surface area contributed by atoms with Crippen LogP contribution >= 0.6 is 0 Å². The Bertz CT molecular complexity index is 561. The van der Waals surface area contributed by atoms with E-state index < -0.39 is 0 Å². The van der Waals surface area contributed by atoms with Crippen LogP contribution in [0.3, 0.4) is 0 Å². The molecule has 0 radical (unpaired) electrons. The molecule has 23 heavy (non-hydrogen) atoms. The lowest BCUT2D eigenvalue weighted by Gasteiger charge is -2.28. The Hall–Kier alpha value is -1.75. The summed E-state index contributed by atoms with van der Waals surface area (Å²) in [4.78, 5) is 12.6. The smallest absolute Gasteiger partial charge is 0.223 e. The molecule has 0 aromatic heterocycles. The molecule has 0 saturated heterocycles. The van der Waals surface area contributed by atoms with Crippen LogP contribution in [0.4, 0.5) is 0 Å². The van der Waals surface area contributed by atoms with Crippen LogP contribution in [0.5, 0.6) is 11.5 Å². The van der Waals surface area contributed by atoms with Crippen molar-refractivity contribution in [3.05, 3.63) is 23.8 Å². The minimum absolute atomic E-state index is 0.00326. The first kappa shape index (κ1) is 16.1. The first-order valence-corrected chi connectivity index (χ1v) is 8.63. The van der Waals surface area contributed by atoms with E-state index in [4.69, 9.17) is 15.2 Å². The van der Waals surface area contributed by atoms with Gasteiger partial charge in [-0.05, 0) is 43.4 Å². The number of amides is 1. The number of carbonyl (C=O) groups is 1. The van der Waals surface area contributed by atoms with Gasteiger partial charge in [-0.1, -0.05) is 19.4 Å². The second kappa shape index (κ2) is 7.21. The molecule has 2 aliphatic rings. The average molecular weight is 318 g/mol. The number of hydrogen-bond acceptors (Lipinski definition) is 4. The summed E-state index contributed by atoms with van der Waals surface area (Å²) < 4.78 is 11.2. The molecule has 1 aliphatic carbocycles. The van der Waals surface area contributed by atoms with E-state index in [0.717, 1.165) is 49.2 Å². The van der Waals surface area contributed by atoms with Crippen LogP contribution in [-0.2, 0) is 4.79 Å². The van der Waals surface area contributed by atoms with Gasteiger partial charge in [0.2, 0.25) is 5.91 Å². The normalized spacial score (nSPS) is 24.8. The summed E-state index contributed by atoms with van der Waals surface area (Å²) in [7, 11) is 0. The van der Waals surface area contributed by atoms with E-state index in [1.54, 1.807) is 0 Å². The Morgan fingerprint density at radius 2 is 2.09 bits per heavy atom. The molecule has 1 aliphatic heterocycles. The van der Waals surface area contributed by atoms with Gasteiger partial charge in [0.1, 0.15) is 13.2 Å². The molecule has 0 spiro atoms. The van der Waals surface area contributed by atoms with Gasteiger partial charge in [-0.3, -0.25) is 4.79 Å². The van der Waals surface area contributed by atoms with Crippen molar-refractivity contribution < 1.29 is 14.3 Å². The van der Waals surface area contributed by atoms with E-state index >= 15 is 0 Å². The Morgan fingerprint density at radius 3 is 2.83 bits per heavy atom. The quantitative estimate of drug-likeness (QED) is 0.895. The molecule has 5 heteroatoms. The lowest BCUT2D eigenvalue weighted by atomic mass is 9.85. The van der Waals surface area contributed by atoms with Crippen LogP contribution < -0.4 is 20.5 Å². The molecule has 1 aromatic carbocycles. The monoisotopic (exact) mass is 318 g/mol. The Kier molecular flexibility index (Phi) is 5.06. The summed E-state index contributed by atoms with van der Waals surface area (Å²) in [5, 5.41) is 3.19. The molecular formula is C18H26N2O3. The van der Waals surface area contributed by atoms with Crippen LogP contribution in [0.2, 0.25) is 0 Å². The van der Waals surface area contributed by atoms with Crippen LogP contribution in [0.1, 0.15) is 50.6 Å². The number of nitrogens with two attached hydrogens (primary N) is 1. The minimum Gasteiger partial charge on any atom is -0.486 e. The number of carbonyl (C=O) groups excluding carboxylic acids is 1. The van der Waals surface area contributed by atoms with Crippen molar-refractivity contribution in [3.63, 3.8) is 0 Å². The van der Waals surface area contributed by atoms with Crippen LogP contribution in [0, 0.1) is 5.92 Å². The molecule has 3 atom stereocenters. The van der Waals surface area contributed by atoms with Crippen molar-refractivity contribution in [2.45, 2.75) is 51.1 Å². The highest BCUT2D eigenvalue weighted by Crippen LogP contribution is 2.33. The molecule has 3 unspecified atom stereocenters. The summed E-state index contributed by atoms with van der Waals surface area (Å²) in [5.41, 5.74) is 7.06. The van der Waals surface area contributed by atoms with Crippen LogP contribution in [0.25, 0.3) is 0 Å². The van der Waals surface area contributed by atoms with Gasteiger partial charge in [0.05, 0.1) is 6.04 Å². The second-order valence-corrected chi connectivity index (χ2v) is 6.50.